The van der Waals surface area contributed by atoms with E-state index in [1.807, 2.05) is 19.2 Å². The third-order valence-corrected chi connectivity index (χ3v) is 3.55. The molecule has 1 aromatic carbocycles. The van der Waals surface area contributed by atoms with Crippen LogP contribution in [0.15, 0.2) is 24.3 Å². The summed E-state index contributed by atoms with van der Waals surface area (Å²) in [6.45, 7) is 7.12. The summed E-state index contributed by atoms with van der Waals surface area (Å²) in [7, 11) is 2.03. The van der Waals surface area contributed by atoms with Gasteiger partial charge in [-0.05, 0) is 37.6 Å². The zero-order valence-electron chi connectivity index (χ0n) is 11.6. The van der Waals surface area contributed by atoms with Crippen molar-refractivity contribution in [2.45, 2.75) is 32.9 Å². The SMILES string of the molecule is CC(C)C(C)N(C)CC(O)c1ccc(C#N)cc1. The molecule has 18 heavy (non-hydrogen) atoms. The summed E-state index contributed by atoms with van der Waals surface area (Å²) < 4.78 is 0. The molecule has 2 atom stereocenters. The summed E-state index contributed by atoms with van der Waals surface area (Å²) in [6.07, 6.45) is -0.510. The lowest BCUT2D eigenvalue weighted by Gasteiger charge is -2.29. The largest absolute Gasteiger partial charge is 0.387 e. The normalized spacial score (nSPS) is 14.6. The van der Waals surface area contributed by atoms with Crippen molar-refractivity contribution in [3.05, 3.63) is 35.4 Å². The number of rotatable bonds is 5. The quantitative estimate of drug-likeness (QED) is 0.868. The lowest BCUT2D eigenvalue weighted by molar-refractivity contribution is 0.0955. The van der Waals surface area contributed by atoms with Gasteiger partial charge >= 0.3 is 0 Å². The third-order valence-electron chi connectivity index (χ3n) is 3.55. The number of nitriles is 1. The lowest BCUT2D eigenvalue weighted by atomic mass is 10.0. The smallest absolute Gasteiger partial charge is 0.0991 e. The maximum absolute atomic E-state index is 10.2. The van der Waals surface area contributed by atoms with E-state index in [0.29, 0.717) is 24.1 Å². The maximum atomic E-state index is 10.2. The molecule has 1 N–H and O–H groups in total. The van der Waals surface area contributed by atoms with E-state index in [4.69, 9.17) is 5.26 Å². The highest BCUT2D eigenvalue weighted by molar-refractivity contribution is 5.32. The van der Waals surface area contributed by atoms with E-state index in [1.54, 1.807) is 12.1 Å². The lowest BCUT2D eigenvalue weighted by Crippen LogP contribution is -2.36. The van der Waals surface area contributed by atoms with E-state index in [1.165, 1.54) is 0 Å². The minimum Gasteiger partial charge on any atom is -0.387 e. The molecule has 0 aliphatic heterocycles. The molecular weight excluding hydrogens is 224 g/mol. The van der Waals surface area contributed by atoms with Gasteiger partial charge in [0, 0.05) is 12.6 Å². The van der Waals surface area contributed by atoms with Crippen LogP contribution in [0.2, 0.25) is 0 Å². The van der Waals surface area contributed by atoms with Crippen molar-refractivity contribution in [1.29, 1.82) is 5.26 Å². The van der Waals surface area contributed by atoms with Crippen molar-refractivity contribution in [1.82, 2.24) is 4.90 Å². The molecule has 0 aliphatic rings. The van der Waals surface area contributed by atoms with Crippen LogP contribution in [-0.2, 0) is 0 Å². The summed E-state index contributed by atoms with van der Waals surface area (Å²) in [5, 5.41) is 18.9. The van der Waals surface area contributed by atoms with Gasteiger partial charge in [0.25, 0.3) is 0 Å². The molecule has 3 nitrogen and oxygen atoms in total. The van der Waals surface area contributed by atoms with Gasteiger partial charge in [0.1, 0.15) is 0 Å². The van der Waals surface area contributed by atoms with Gasteiger partial charge in [0.05, 0.1) is 17.7 Å². The number of nitrogens with zero attached hydrogens (tertiary/aromatic N) is 2. The Morgan fingerprint density at radius 3 is 2.22 bits per heavy atom. The Morgan fingerprint density at radius 2 is 1.78 bits per heavy atom. The molecule has 0 amide bonds. The number of aliphatic hydroxyl groups excluding tert-OH is 1. The molecule has 0 fully saturated rings. The van der Waals surface area contributed by atoms with Crippen LogP contribution in [-0.4, -0.2) is 29.6 Å². The zero-order chi connectivity index (χ0) is 13.7. The molecule has 0 spiro atoms. The first kappa shape index (κ1) is 14.7. The second-order valence-corrected chi connectivity index (χ2v) is 5.17. The van der Waals surface area contributed by atoms with Crippen LogP contribution in [0.25, 0.3) is 0 Å². The molecule has 0 radical (unpaired) electrons. The topological polar surface area (TPSA) is 47.3 Å². The van der Waals surface area contributed by atoms with E-state index in [-0.39, 0.29) is 0 Å². The first-order valence-electron chi connectivity index (χ1n) is 6.34. The molecule has 1 rings (SSSR count). The van der Waals surface area contributed by atoms with Gasteiger partial charge in [-0.25, -0.2) is 0 Å². The highest BCUT2D eigenvalue weighted by Gasteiger charge is 2.17. The molecule has 3 heteroatoms. The highest BCUT2D eigenvalue weighted by atomic mass is 16.3. The molecular formula is C15H22N2O. The van der Waals surface area contributed by atoms with Gasteiger partial charge in [-0.15, -0.1) is 0 Å². The summed E-state index contributed by atoms with van der Waals surface area (Å²) >= 11 is 0. The van der Waals surface area contributed by atoms with Gasteiger partial charge in [0.2, 0.25) is 0 Å². The Hall–Kier alpha value is -1.37. The van der Waals surface area contributed by atoms with Crippen molar-refractivity contribution in [3.8, 4) is 6.07 Å². The summed E-state index contributed by atoms with van der Waals surface area (Å²) in [5.74, 6) is 0.558. The second-order valence-electron chi connectivity index (χ2n) is 5.17. The summed E-state index contributed by atoms with van der Waals surface area (Å²) in [4.78, 5) is 2.16. The minimum atomic E-state index is -0.510. The van der Waals surface area contributed by atoms with Gasteiger partial charge in [-0.3, -0.25) is 0 Å². The van der Waals surface area contributed by atoms with Crippen molar-refractivity contribution in [3.63, 3.8) is 0 Å². The first-order valence-corrected chi connectivity index (χ1v) is 6.34. The molecule has 0 heterocycles. The van der Waals surface area contributed by atoms with Crippen molar-refractivity contribution < 1.29 is 5.11 Å². The standard InChI is InChI=1S/C15H22N2O/c1-11(2)12(3)17(4)10-15(18)14-7-5-13(9-16)6-8-14/h5-8,11-12,15,18H,10H2,1-4H3. The maximum Gasteiger partial charge on any atom is 0.0991 e. The fourth-order valence-electron chi connectivity index (χ4n) is 1.83. The number of aliphatic hydroxyl groups is 1. The van der Waals surface area contributed by atoms with Crippen molar-refractivity contribution in [2.75, 3.05) is 13.6 Å². The number of benzene rings is 1. The Kier molecular flexibility index (Phi) is 5.33. The molecule has 0 saturated heterocycles. The van der Waals surface area contributed by atoms with E-state index >= 15 is 0 Å². The van der Waals surface area contributed by atoms with E-state index in [2.05, 4.69) is 31.7 Å². The third kappa shape index (κ3) is 3.83. The Labute approximate surface area is 110 Å². The number of hydrogen-bond donors (Lipinski definition) is 1. The van der Waals surface area contributed by atoms with E-state index < -0.39 is 6.10 Å². The van der Waals surface area contributed by atoms with Crippen LogP contribution in [0, 0.1) is 17.2 Å². The van der Waals surface area contributed by atoms with Crippen molar-refractivity contribution in [2.24, 2.45) is 5.92 Å². The second kappa shape index (κ2) is 6.53. The van der Waals surface area contributed by atoms with Gasteiger partial charge in [-0.2, -0.15) is 5.26 Å². The average Bonchev–Trinajstić information content (AvgIpc) is 2.37. The molecule has 1 aromatic rings. The number of likely N-dealkylation sites (N-methyl/N-ethyl adjacent to an activating group) is 1. The van der Waals surface area contributed by atoms with Gasteiger partial charge in [-0.1, -0.05) is 26.0 Å². The van der Waals surface area contributed by atoms with E-state index in [9.17, 15) is 5.11 Å². The molecule has 98 valence electrons. The van der Waals surface area contributed by atoms with Crippen LogP contribution in [0.5, 0.6) is 0 Å². The zero-order valence-corrected chi connectivity index (χ0v) is 11.6. The van der Waals surface area contributed by atoms with Crippen LogP contribution in [0.1, 0.15) is 38.0 Å². The van der Waals surface area contributed by atoms with Crippen LogP contribution in [0.3, 0.4) is 0 Å². The Balaban J connectivity index is 2.64. The van der Waals surface area contributed by atoms with Crippen LogP contribution in [0.4, 0.5) is 0 Å². The monoisotopic (exact) mass is 246 g/mol. The molecule has 0 bridgehead atoms. The predicted molar refractivity (Wildman–Crippen MR) is 73.0 cm³/mol. The molecule has 0 aromatic heterocycles. The Bertz CT molecular complexity index is 405. The molecule has 2 unspecified atom stereocenters. The Morgan fingerprint density at radius 1 is 1.22 bits per heavy atom. The fraction of sp³-hybridized carbons (Fsp3) is 0.533. The number of hydrogen-bond acceptors (Lipinski definition) is 3. The highest BCUT2D eigenvalue weighted by Crippen LogP contribution is 2.17. The summed E-state index contributed by atoms with van der Waals surface area (Å²) in [6, 6.07) is 9.62. The van der Waals surface area contributed by atoms with E-state index in [0.717, 1.165) is 5.56 Å². The fourth-order valence-corrected chi connectivity index (χ4v) is 1.83. The average molecular weight is 246 g/mol. The molecule has 0 aliphatic carbocycles. The van der Waals surface area contributed by atoms with Gasteiger partial charge in [0.15, 0.2) is 0 Å². The molecule has 0 saturated carbocycles. The van der Waals surface area contributed by atoms with Crippen LogP contribution < -0.4 is 0 Å². The van der Waals surface area contributed by atoms with Gasteiger partial charge < -0.3 is 10.0 Å². The first-order chi connectivity index (χ1) is 8.45. The van der Waals surface area contributed by atoms with Crippen molar-refractivity contribution >= 4 is 0 Å². The minimum absolute atomic E-state index is 0.429. The predicted octanol–water partition coefficient (Wildman–Crippen LogP) is 2.57. The van der Waals surface area contributed by atoms with Crippen LogP contribution >= 0.6 is 0 Å². The summed E-state index contributed by atoms with van der Waals surface area (Å²) in [5.41, 5.74) is 1.48.